The summed E-state index contributed by atoms with van der Waals surface area (Å²) in [7, 11) is -7.68. The molecule has 4 saturated heterocycles. The van der Waals surface area contributed by atoms with E-state index in [1.165, 1.54) is 24.3 Å². The minimum atomic E-state index is -4.00. The minimum Gasteiger partial charge on any atom is -0.481 e. The number of rotatable bonds is 30. The van der Waals surface area contributed by atoms with Gasteiger partial charge >= 0.3 is 6.03 Å². The summed E-state index contributed by atoms with van der Waals surface area (Å²) in [5, 5.41) is 19.5. The average molecular weight is 1380 g/mol. The predicted molar refractivity (Wildman–Crippen MR) is 357 cm³/mol. The van der Waals surface area contributed by atoms with Gasteiger partial charge < -0.3 is 39.8 Å². The number of hydrogen-bond donors (Lipinski definition) is 4. The van der Waals surface area contributed by atoms with Crippen LogP contribution in [0, 0.1) is 35.5 Å². The van der Waals surface area contributed by atoms with Crippen molar-refractivity contribution in [2.45, 2.75) is 137 Å². The topological polar surface area (TPSA) is 229 Å². The fourth-order valence-electron chi connectivity index (χ4n) is 13.7. The molecule has 4 aromatic rings. The van der Waals surface area contributed by atoms with Gasteiger partial charge in [0.2, 0.25) is 10.0 Å². The van der Waals surface area contributed by atoms with Gasteiger partial charge in [0.05, 0.1) is 65.7 Å². The number of nitriles is 1. The molecule has 0 saturated carbocycles. The minimum absolute atomic E-state index is 0.000487. The summed E-state index contributed by atoms with van der Waals surface area (Å²) in [6.07, 6.45) is 9.46. The summed E-state index contributed by atoms with van der Waals surface area (Å²) in [6.45, 7) is 23.8. The van der Waals surface area contributed by atoms with Gasteiger partial charge in [-0.15, -0.1) is 0 Å². The molecule has 20 nitrogen and oxygen atoms in total. The molecular weight excluding hydrogens is 1290 g/mol. The highest BCUT2D eigenvalue weighted by molar-refractivity contribution is 7.91. The van der Waals surface area contributed by atoms with Gasteiger partial charge in [0.25, 0.3) is 0 Å². The molecule has 4 heterocycles. The number of carbonyl (C=O) groups excluding carboxylic acids is 2. The van der Waals surface area contributed by atoms with Crippen LogP contribution in [0.1, 0.15) is 125 Å². The third-order valence-electron chi connectivity index (χ3n) is 18.5. The van der Waals surface area contributed by atoms with Crippen LogP contribution in [0.5, 0.6) is 11.5 Å². The Morgan fingerprint density at radius 3 is 2.00 bits per heavy atom. The van der Waals surface area contributed by atoms with Crippen LogP contribution in [0.3, 0.4) is 0 Å². The number of amides is 2. The molecule has 10 rings (SSSR count). The third-order valence-corrected chi connectivity index (χ3v) is 22.4. The van der Waals surface area contributed by atoms with E-state index in [2.05, 4.69) is 51.2 Å². The van der Waals surface area contributed by atoms with Crippen LogP contribution < -0.4 is 30.1 Å². The van der Waals surface area contributed by atoms with Gasteiger partial charge in [-0.3, -0.25) is 19.5 Å². The molecule has 6 atom stereocenters. The lowest BCUT2D eigenvalue weighted by molar-refractivity contribution is -0.119. The standard InChI is InChI=1S/C39H54ClFN6O6S.C29H36ClFN4O4S/c1-3-10-30(48)11-6-4-7-15-43-39(49)44-16-21-52-22-20-46-19-14-29(27-46)45-54(50,51)31-12-13-37(34(41)25-31)53-38-33-23-28(40)24-35(42-2)32(33)26-36(38)47-17-8-5-9-18-47;1-2-38-12-11-34-8-5-20(18-34)19-40(36,37)23-3-4-28(26(31)15-23)39-29-25-14-22(30)13-21(17-32)24(25)16-27(29)35-9-6-33-7-10-35/h12-13,23-25,29,36,38,45H,3-11,14-22,26-27H2,1H3,(H2,43,44,49);3-4,13-15,20,27,29,33H,2,5-12,16,18-19H2,1H3/t29-,36+,38+;20-,27+,29+/m11/s1. The first kappa shape index (κ1) is 72.7. The molecule has 0 radical (unpaired) electrons. The number of piperidine rings is 1. The van der Waals surface area contributed by atoms with Crippen molar-refractivity contribution in [2.75, 3.05) is 124 Å². The van der Waals surface area contributed by atoms with Crippen LogP contribution >= 0.6 is 23.2 Å². The average Bonchev–Trinajstić information content (AvgIpc) is 1.61. The largest absolute Gasteiger partial charge is 0.481 e. The number of ketones is 1. The second-order valence-electron chi connectivity index (χ2n) is 25.2. The van der Waals surface area contributed by atoms with Crippen LogP contribution in [-0.2, 0) is 47.0 Å². The van der Waals surface area contributed by atoms with E-state index in [4.69, 9.17) is 48.7 Å². The van der Waals surface area contributed by atoms with Crippen molar-refractivity contribution in [1.82, 2.24) is 40.3 Å². The smallest absolute Gasteiger partial charge is 0.314 e. The quantitative estimate of drug-likeness (QED) is 0.0281. The monoisotopic (exact) mass is 1380 g/mol. The number of halogens is 4. The fourth-order valence-corrected chi connectivity index (χ4v) is 17.1. The maximum Gasteiger partial charge on any atom is 0.314 e. The molecule has 4 aliphatic heterocycles. The second-order valence-corrected chi connectivity index (χ2v) is 29.8. The zero-order valence-corrected chi connectivity index (χ0v) is 57.1. The van der Waals surface area contributed by atoms with Gasteiger partial charge in [0.1, 0.15) is 18.0 Å². The molecule has 512 valence electrons. The molecule has 0 unspecified atom stereocenters. The summed E-state index contributed by atoms with van der Waals surface area (Å²) < 4.78 is 111. The number of nitrogens with zero attached hydrogens (tertiary/aromatic N) is 6. The highest BCUT2D eigenvalue weighted by Gasteiger charge is 2.43. The van der Waals surface area contributed by atoms with E-state index < -0.39 is 43.7 Å². The maximum absolute atomic E-state index is 15.6. The first-order chi connectivity index (χ1) is 45.4. The molecule has 4 fully saturated rings. The van der Waals surface area contributed by atoms with Crippen molar-refractivity contribution in [3.8, 4) is 17.6 Å². The lowest BCUT2D eigenvalue weighted by atomic mass is 10.0. The van der Waals surface area contributed by atoms with Crippen molar-refractivity contribution in [2.24, 2.45) is 5.92 Å². The van der Waals surface area contributed by atoms with Gasteiger partial charge in [-0.25, -0.2) is 40.0 Å². The Bertz CT molecular complexity index is 3550. The van der Waals surface area contributed by atoms with E-state index in [1.54, 1.807) is 24.3 Å². The summed E-state index contributed by atoms with van der Waals surface area (Å²) in [5.41, 5.74) is 4.25. The molecule has 4 aromatic carbocycles. The molecule has 6 aliphatic rings. The normalized spacial score (nSPS) is 21.8. The zero-order valence-electron chi connectivity index (χ0n) is 54.0. The van der Waals surface area contributed by atoms with E-state index >= 15 is 8.78 Å². The van der Waals surface area contributed by atoms with Crippen LogP contribution in [0.2, 0.25) is 10.0 Å². The highest BCUT2D eigenvalue weighted by Crippen LogP contribution is 2.46. The Labute approximate surface area is 563 Å². The molecule has 2 aliphatic carbocycles. The van der Waals surface area contributed by atoms with Crippen LogP contribution in [-0.4, -0.2) is 190 Å². The molecule has 94 heavy (non-hydrogen) atoms. The predicted octanol–water partition coefficient (Wildman–Crippen LogP) is 9.59. The van der Waals surface area contributed by atoms with Crippen molar-refractivity contribution >= 4 is 60.6 Å². The number of benzene rings is 4. The lowest BCUT2D eigenvalue weighted by Gasteiger charge is -2.36. The summed E-state index contributed by atoms with van der Waals surface area (Å²) in [4.78, 5) is 36.0. The molecular formula is C68H90Cl2F2N10O10S2. The van der Waals surface area contributed by atoms with Gasteiger partial charge in [-0.05, 0) is 180 Å². The van der Waals surface area contributed by atoms with E-state index in [1.807, 2.05) is 13.8 Å². The second kappa shape index (κ2) is 35.1. The summed E-state index contributed by atoms with van der Waals surface area (Å²) in [6, 6.07) is 16.0. The van der Waals surface area contributed by atoms with E-state index in [0.717, 1.165) is 138 Å². The number of urea groups is 1. The van der Waals surface area contributed by atoms with Crippen LogP contribution in [0.25, 0.3) is 4.85 Å². The van der Waals surface area contributed by atoms with Crippen LogP contribution in [0.4, 0.5) is 19.3 Å². The molecule has 26 heteroatoms. The number of piperazine rings is 1. The number of carbonyl (C=O) groups is 2. The number of sulfone groups is 1. The van der Waals surface area contributed by atoms with Crippen LogP contribution in [0.15, 0.2) is 70.5 Å². The van der Waals surface area contributed by atoms with Gasteiger partial charge in [-0.1, -0.05) is 43.0 Å². The van der Waals surface area contributed by atoms with Gasteiger partial charge in [-0.2, -0.15) is 5.26 Å². The number of Topliss-reactive ketones (excluding diaryl/α,β-unsaturated/α-hetero) is 1. The number of unbranched alkanes of at least 4 members (excludes halogenated alkanes) is 2. The molecule has 0 bridgehead atoms. The SMILES string of the molecule is CCOCCN1CC[C@@H](CS(=O)(=O)c2ccc(O[C@H]3c4cc(Cl)cc(C#N)c4C[C@@H]3N3CCNCC3)c(F)c2)C1.[C-]#[N+]c1cc(Cl)cc2c1C[C@H](N1CCCCC1)[C@H]2Oc1ccc(S(=O)(=O)N[C@@H]2CCN(CCOCCNC(=O)NCCCCCC(=O)CCC)C2)cc1F. The zero-order chi connectivity index (χ0) is 66.8. The Kier molecular flexibility index (Phi) is 27.1. The Morgan fingerprint density at radius 1 is 0.713 bits per heavy atom. The number of hydrogen-bond acceptors (Lipinski definition) is 16. The Balaban J connectivity index is 0.000000231. The number of fused-ring (bicyclic) bond motifs is 2. The van der Waals surface area contributed by atoms with Gasteiger partial charge in [0, 0.05) is 101 Å². The van der Waals surface area contributed by atoms with Gasteiger partial charge in [0.15, 0.2) is 38.7 Å². The Morgan fingerprint density at radius 2 is 1.33 bits per heavy atom. The third kappa shape index (κ3) is 19.8. The summed E-state index contributed by atoms with van der Waals surface area (Å²) >= 11 is 12.7. The van der Waals surface area contributed by atoms with Crippen molar-refractivity contribution < 1.29 is 54.2 Å². The first-order valence-corrected chi connectivity index (χ1v) is 37.2. The number of likely N-dealkylation sites (tertiary alicyclic amines) is 3. The molecule has 4 N–H and O–H groups in total. The molecule has 2 amide bonds. The maximum atomic E-state index is 15.6. The van der Waals surface area contributed by atoms with E-state index in [0.29, 0.717) is 125 Å². The van der Waals surface area contributed by atoms with Crippen molar-refractivity contribution in [3.05, 3.63) is 122 Å². The van der Waals surface area contributed by atoms with Crippen molar-refractivity contribution in [1.29, 1.82) is 5.26 Å². The molecule has 0 spiro atoms. The van der Waals surface area contributed by atoms with E-state index in [-0.39, 0.29) is 57.1 Å². The number of nitrogens with one attached hydrogen (secondary N) is 4. The van der Waals surface area contributed by atoms with E-state index in [9.17, 15) is 31.7 Å². The molecule has 0 aromatic heterocycles. The van der Waals surface area contributed by atoms with Crippen molar-refractivity contribution in [3.63, 3.8) is 0 Å². The first-order valence-electron chi connectivity index (χ1n) is 33.3. The lowest BCUT2D eigenvalue weighted by Crippen LogP contribution is -2.50. The highest BCUT2D eigenvalue weighted by atomic mass is 35.5. The number of sulfonamides is 1. The Hall–Kier alpha value is -5.58. The summed E-state index contributed by atoms with van der Waals surface area (Å²) in [5.74, 6) is -1.28. The fraction of sp³-hybridized carbons (Fsp3) is 0.588. The number of ether oxygens (including phenoxy) is 4.